The zero-order valence-corrected chi connectivity index (χ0v) is 21.5. The van der Waals surface area contributed by atoms with Gasteiger partial charge in [0.2, 0.25) is 5.88 Å². The van der Waals surface area contributed by atoms with E-state index in [2.05, 4.69) is 25.4 Å². The van der Waals surface area contributed by atoms with Gasteiger partial charge in [-0.1, -0.05) is 20.8 Å². The quantitative estimate of drug-likeness (QED) is 0.301. The van der Waals surface area contributed by atoms with Crippen molar-refractivity contribution in [3.05, 3.63) is 36.5 Å². The number of amides is 1. The summed E-state index contributed by atoms with van der Waals surface area (Å²) in [5, 5.41) is 6.42. The standard InChI is InChI=1S/C22H22F5N7O4S/c1-4-39(36,37)20-15(17-28-6-5-13(34(17)32-20)18(35)31-9-12(2)3)16-30-10-14-19(29-7-8-33(14)16)38-11-21(23,24)22(25,26)27/h5-8,10,12H,4,9,11H2,1-3H3,(H,31,35). The number of carbonyl (C=O) groups is 1. The number of sulfone groups is 1. The highest BCUT2D eigenvalue weighted by molar-refractivity contribution is 7.91. The number of rotatable bonds is 9. The summed E-state index contributed by atoms with van der Waals surface area (Å²) in [6.07, 6.45) is -1.17. The van der Waals surface area contributed by atoms with Gasteiger partial charge in [0, 0.05) is 25.1 Å². The maximum atomic E-state index is 13.4. The lowest BCUT2D eigenvalue weighted by atomic mass is 10.2. The van der Waals surface area contributed by atoms with Crippen LogP contribution in [0.1, 0.15) is 31.3 Å². The Balaban J connectivity index is 1.88. The highest BCUT2D eigenvalue weighted by Gasteiger charge is 2.58. The summed E-state index contributed by atoms with van der Waals surface area (Å²) in [5.74, 6) is -6.62. The van der Waals surface area contributed by atoms with E-state index in [1.54, 1.807) is 0 Å². The third kappa shape index (κ3) is 5.22. The fourth-order valence-corrected chi connectivity index (χ4v) is 4.45. The van der Waals surface area contributed by atoms with Crippen LogP contribution in [0.15, 0.2) is 35.9 Å². The van der Waals surface area contributed by atoms with Crippen molar-refractivity contribution in [3.8, 4) is 17.3 Å². The number of ether oxygens (including phenoxy) is 1. The van der Waals surface area contributed by atoms with E-state index >= 15 is 0 Å². The van der Waals surface area contributed by atoms with Gasteiger partial charge in [0.25, 0.3) is 5.91 Å². The fraction of sp³-hybridized carbons (Fsp3) is 0.409. The monoisotopic (exact) mass is 575 g/mol. The van der Waals surface area contributed by atoms with E-state index in [0.29, 0.717) is 6.54 Å². The molecule has 0 aromatic carbocycles. The summed E-state index contributed by atoms with van der Waals surface area (Å²) in [5.41, 5.74) is -0.321. The lowest BCUT2D eigenvalue weighted by molar-refractivity contribution is -0.290. The molecule has 0 bridgehead atoms. The normalized spacial score (nSPS) is 12.9. The molecule has 4 rings (SSSR count). The first kappa shape index (κ1) is 28.1. The van der Waals surface area contributed by atoms with Crippen LogP contribution in [0.3, 0.4) is 0 Å². The van der Waals surface area contributed by atoms with Crippen molar-refractivity contribution in [1.29, 1.82) is 0 Å². The molecule has 0 spiro atoms. The molecule has 0 unspecified atom stereocenters. The second kappa shape index (κ2) is 10.0. The van der Waals surface area contributed by atoms with Crippen LogP contribution in [0.2, 0.25) is 0 Å². The molecule has 210 valence electrons. The first-order valence-corrected chi connectivity index (χ1v) is 13.1. The minimum Gasteiger partial charge on any atom is -0.469 e. The molecule has 4 heterocycles. The Kier molecular flexibility index (Phi) is 7.22. The molecule has 0 aliphatic rings. The summed E-state index contributed by atoms with van der Waals surface area (Å²) in [6, 6.07) is 1.35. The van der Waals surface area contributed by atoms with Crippen LogP contribution >= 0.6 is 0 Å². The van der Waals surface area contributed by atoms with Crippen LogP contribution in [0.4, 0.5) is 22.0 Å². The number of hydrogen-bond acceptors (Lipinski definition) is 8. The van der Waals surface area contributed by atoms with E-state index in [0.717, 1.165) is 16.9 Å². The molecular formula is C22H22F5N7O4S. The van der Waals surface area contributed by atoms with Crippen LogP contribution in [0, 0.1) is 5.92 Å². The third-order valence-electron chi connectivity index (χ3n) is 5.52. The number of carbonyl (C=O) groups excluding carboxylic acids is 1. The van der Waals surface area contributed by atoms with Crippen molar-refractivity contribution in [2.45, 2.75) is 37.9 Å². The van der Waals surface area contributed by atoms with Gasteiger partial charge in [-0.05, 0) is 12.0 Å². The molecule has 17 heteroatoms. The smallest absolute Gasteiger partial charge is 0.456 e. The molecule has 4 aromatic heterocycles. The van der Waals surface area contributed by atoms with Gasteiger partial charge in [-0.25, -0.2) is 27.9 Å². The van der Waals surface area contributed by atoms with Crippen molar-refractivity contribution >= 4 is 26.9 Å². The molecule has 0 aliphatic heterocycles. The second-order valence-corrected chi connectivity index (χ2v) is 11.0. The number of halogens is 5. The number of fused-ring (bicyclic) bond motifs is 2. The van der Waals surface area contributed by atoms with Gasteiger partial charge in [-0.3, -0.25) is 9.20 Å². The molecule has 39 heavy (non-hydrogen) atoms. The molecule has 0 radical (unpaired) electrons. The topological polar surface area (TPSA) is 133 Å². The SMILES string of the molecule is CCS(=O)(=O)c1nn2c(C(=O)NCC(C)C)ccnc2c1-c1ncc2c(OCC(F)(F)C(F)(F)F)nccn12. The number of hydrogen-bond donors (Lipinski definition) is 1. The van der Waals surface area contributed by atoms with Gasteiger partial charge in [-0.2, -0.15) is 27.1 Å². The van der Waals surface area contributed by atoms with E-state index in [9.17, 15) is 35.2 Å². The molecule has 0 atom stereocenters. The maximum absolute atomic E-state index is 13.4. The van der Waals surface area contributed by atoms with Gasteiger partial charge in [-0.15, -0.1) is 0 Å². The predicted molar refractivity (Wildman–Crippen MR) is 126 cm³/mol. The second-order valence-electron chi connectivity index (χ2n) is 8.81. The van der Waals surface area contributed by atoms with Crippen LogP contribution in [-0.2, 0) is 9.84 Å². The molecule has 1 N–H and O–H groups in total. The predicted octanol–water partition coefficient (Wildman–Crippen LogP) is 3.19. The average Bonchev–Trinajstić information content (AvgIpc) is 3.47. The summed E-state index contributed by atoms with van der Waals surface area (Å²) in [7, 11) is -4.04. The maximum Gasteiger partial charge on any atom is 0.456 e. The average molecular weight is 576 g/mol. The Labute approximate surface area is 217 Å². The van der Waals surface area contributed by atoms with E-state index in [1.807, 2.05) is 13.8 Å². The molecule has 0 fully saturated rings. The minimum absolute atomic E-state index is 0.0135. The Bertz CT molecular complexity index is 1650. The summed E-state index contributed by atoms with van der Waals surface area (Å²) in [6.45, 7) is 3.46. The van der Waals surface area contributed by atoms with Crippen molar-refractivity contribution in [2.24, 2.45) is 5.92 Å². The molecule has 1 amide bonds. The number of nitrogens with zero attached hydrogens (tertiary/aromatic N) is 6. The van der Waals surface area contributed by atoms with Crippen LogP contribution < -0.4 is 10.1 Å². The lowest BCUT2D eigenvalue weighted by Gasteiger charge is -2.19. The van der Waals surface area contributed by atoms with E-state index in [4.69, 9.17) is 4.74 Å². The van der Waals surface area contributed by atoms with E-state index in [-0.39, 0.29) is 39.9 Å². The number of imidazole rings is 1. The number of alkyl halides is 5. The first-order chi connectivity index (χ1) is 18.2. The largest absolute Gasteiger partial charge is 0.469 e. The molecule has 0 saturated carbocycles. The van der Waals surface area contributed by atoms with Crippen molar-refractivity contribution in [3.63, 3.8) is 0 Å². The zero-order chi connectivity index (χ0) is 28.8. The van der Waals surface area contributed by atoms with Gasteiger partial charge in [0.05, 0.1) is 11.9 Å². The molecule has 4 aromatic rings. The first-order valence-electron chi connectivity index (χ1n) is 11.5. The van der Waals surface area contributed by atoms with E-state index < -0.39 is 45.4 Å². The Morgan fingerprint density at radius 3 is 2.49 bits per heavy atom. The Morgan fingerprint density at radius 1 is 1.13 bits per heavy atom. The van der Waals surface area contributed by atoms with Crippen LogP contribution in [0.25, 0.3) is 22.6 Å². The number of aromatic nitrogens is 6. The summed E-state index contributed by atoms with van der Waals surface area (Å²) in [4.78, 5) is 24.9. The highest BCUT2D eigenvalue weighted by Crippen LogP contribution is 2.37. The Morgan fingerprint density at radius 2 is 1.85 bits per heavy atom. The van der Waals surface area contributed by atoms with Gasteiger partial charge in [0.15, 0.2) is 32.9 Å². The van der Waals surface area contributed by atoms with Crippen LogP contribution in [-0.4, -0.2) is 74.3 Å². The minimum atomic E-state index is -5.84. The van der Waals surface area contributed by atoms with Crippen molar-refractivity contribution in [2.75, 3.05) is 18.9 Å². The third-order valence-corrected chi connectivity index (χ3v) is 7.15. The fourth-order valence-electron chi connectivity index (χ4n) is 3.48. The van der Waals surface area contributed by atoms with Crippen LogP contribution in [0.5, 0.6) is 5.88 Å². The Hall–Kier alpha value is -3.89. The van der Waals surface area contributed by atoms with Gasteiger partial charge >= 0.3 is 12.1 Å². The van der Waals surface area contributed by atoms with E-state index in [1.165, 1.54) is 29.8 Å². The zero-order valence-electron chi connectivity index (χ0n) is 20.7. The van der Waals surface area contributed by atoms with Gasteiger partial charge < -0.3 is 10.1 Å². The highest BCUT2D eigenvalue weighted by atomic mass is 32.2. The summed E-state index contributed by atoms with van der Waals surface area (Å²) < 4.78 is 97.6. The molecule has 0 aliphatic carbocycles. The molecular weight excluding hydrogens is 553 g/mol. The summed E-state index contributed by atoms with van der Waals surface area (Å²) >= 11 is 0. The number of nitrogens with one attached hydrogen (secondary N) is 1. The van der Waals surface area contributed by atoms with Gasteiger partial charge in [0.1, 0.15) is 16.8 Å². The molecule has 11 nitrogen and oxygen atoms in total. The van der Waals surface area contributed by atoms with Crippen molar-refractivity contribution in [1.82, 2.24) is 34.3 Å². The molecule has 0 saturated heterocycles. The van der Waals surface area contributed by atoms with Crippen molar-refractivity contribution < 1.29 is 39.9 Å². The lowest BCUT2D eigenvalue weighted by Crippen LogP contribution is -2.41.